The summed E-state index contributed by atoms with van der Waals surface area (Å²) in [4.78, 5) is 3.05. The second-order valence-electron chi connectivity index (χ2n) is 6.04. The van der Waals surface area contributed by atoms with E-state index < -0.39 is 0 Å². The smallest absolute Gasteiger partial charge is 0.0253 e. The standard InChI is InChI=1S/C21H20S/c1-3-9-16(10-4-1)19-15-21(17-11-5-2-6-12-17)22-20-14-8-7-13-18(19)20/h1-6,9-12,15,19H,7-8,13-14H2. The average Bonchev–Trinajstić information content (AvgIpc) is 2.62. The maximum Gasteiger partial charge on any atom is 0.0253 e. The third-order valence-electron chi connectivity index (χ3n) is 4.60. The van der Waals surface area contributed by atoms with Gasteiger partial charge in [-0.1, -0.05) is 78.5 Å². The molecule has 4 rings (SSSR count). The first-order valence-corrected chi connectivity index (χ1v) is 8.95. The Balaban J connectivity index is 1.78. The van der Waals surface area contributed by atoms with Gasteiger partial charge in [0.05, 0.1) is 0 Å². The fourth-order valence-electron chi connectivity index (χ4n) is 3.48. The minimum absolute atomic E-state index is 0.466. The Bertz CT molecular complexity index is 710. The van der Waals surface area contributed by atoms with E-state index in [1.54, 1.807) is 10.5 Å². The van der Waals surface area contributed by atoms with Gasteiger partial charge in [-0.05, 0) is 47.3 Å². The van der Waals surface area contributed by atoms with Crippen LogP contribution in [0.1, 0.15) is 42.7 Å². The SMILES string of the molecule is C1=C(c2ccccc2)SC2=C(CCCC2)C1c1ccccc1. The molecule has 1 unspecified atom stereocenters. The summed E-state index contributed by atoms with van der Waals surface area (Å²) in [6.45, 7) is 0. The minimum atomic E-state index is 0.466. The third kappa shape index (κ3) is 2.66. The lowest BCUT2D eigenvalue weighted by atomic mass is 9.83. The molecule has 0 bridgehead atoms. The van der Waals surface area contributed by atoms with E-state index in [1.807, 2.05) is 11.8 Å². The van der Waals surface area contributed by atoms with Crippen LogP contribution in [-0.2, 0) is 0 Å². The summed E-state index contributed by atoms with van der Waals surface area (Å²) >= 11 is 2.01. The van der Waals surface area contributed by atoms with Crippen molar-refractivity contribution in [3.8, 4) is 0 Å². The van der Waals surface area contributed by atoms with Crippen molar-refractivity contribution in [1.82, 2.24) is 0 Å². The first kappa shape index (κ1) is 13.9. The molecule has 0 aromatic heterocycles. The lowest BCUT2D eigenvalue weighted by Gasteiger charge is -2.31. The van der Waals surface area contributed by atoms with Gasteiger partial charge in [-0.3, -0.25) is 0 Å². The number of hydrogen-bond donors (Lipinski definition) is 0. The summed E-state index contributed by atoms with van der Waals surface area (Å²) in [5, 5.41) is 0. The molecule has 0 spiro atoms. The molecule has 22 heavy (non-hydrogen) atoms. The van der Waals surface area contributed by atoms with Crippen molar-refractivity contribution in [2.75, 3.05) is 0 Å². The monoisotopic (exact) mass is 304 g/mol. The van der Waals surface area contributed by atoms with Crippen molar-refractivity contribution in [1.29, 1.82) is 0 Å². The van der Waals surface area contributed by atoms with E-state index in [-0.39, 0.29) is 0 Å². The van der Waals surface area contributed by atoms with Crippen LogP contribution in [-0.4, -0.2) is 0 Å². The quantitative estimate of drug-likeness (QED) is 0.619. The fraction of sp³-hybridized carbons (Fsp3) is 0.238. The zero-order chi connectivity index (χ0) is 14.8. The van der Waals surface area contributed by atoms with Gasteiger partial charge in [-0.15, -0.1) is 0 Å². The van der Waals surface area contributed by atoms with E-state index >= 15 is 0 Å². The number of thioether (sulfide) groups is 1. The summed E-state index contributed by atoms with van der Waals surface area (Å²) in [6.07, 6.45) is 7.69. The van der Waals surface area contributed by atoms with E-state index in [0.29, 0.717) is 5.92 Å². The van der Waals surface area contributed by atoms with Gasteiger partial charge >= 0.3 is 0 Å². The Hall–Kier alpha value is -1.73. The summed E-state index contributed by atoms with van der Waals surface area (Å²) < 4.78 is 0. The van der Waals surface area contributed by atoms with Gasteiger partial charge in [0.2, 0.25) is 0 Å². The van der Waals surface area contributed by atoms with E-state index in [2.05, 4.69) is 66.7 Å². The largest absolute Gasteiger partial charge is 0.0942 e. The maximum absolute atomic E-state index is 2.49. The van der Waals surface area contributed by atoms with Crippen LogP contribution in [0.5, 0.6) is 0 Å². The lowest BCUT2D eigenvalue weighted by Crippen LogP contribution is -2.10. The zero-order valence-corrected chi connectivity index (χ0v) is 13.5. The van der Waals surface area contributed by atoms with Gasteiger partial charge in [0, 0.05) is 10.8 Å². The average molecular weight is 304 g/mol. The Morgan fingerprint density at radius 3 is 2.23 bits per heavy atom. The predicted molar refractivity (Wildman–Crippen MR) is 96.7 cm³/mol. The normalized spacial score (nSPS) is 21.3. The topological polar surface area (TPSA) is 0 Å². The minimum Gasteiger partial charge on any atom is -0.0942 e. The van der Waals surface area contributed by atoms with E-state index in [0.717, 1.165) is 0 Å². The molecular weight excluding hydrogens is 284 g/mol. The second kappa shape index (κ2) is 6.18. The molecule has 0 N–H and O–H groups in total. The highest BCUT2D eigenvalue weighted by atomic mass is 32.2. The molecule has 110 valence electrons. The molecule has 1 aliphatic heterocycles. The molecule has 1 aliphatic carbocycles. The molecule has 0 fully saturated rings. The van der Waals surface area contributed by atoms with Crippen LogP contribution in [0.25, 0.3) is 4.91 Å². The van der Waals surface area contributed by atoms with Crippen molar-refractivity contribution < 1.29 is 0 Å². The second-order valence-corrected chi connectivity index (χ2v) is 7.18. The first-order chi connectivity index (χ1) is 10.9. The summed E-state index contributed by atoms with van der Waals surface area (Å²) in [5.74, 6) is 0.466. The van der Waals surface area contributed by atoms with Crippen molar-refractivity contribution >= 4 is 16.7 Å². The highest BCUT2D eigenvalue weighted by Crippen LogP contribution is 2.50. The van der Waals surface area contributed by atoms with Crippen LogP contribution in [0.15, 0.2) is 77.2 Å². The summed E-state index contributed by atoms with van der Waals surface area (Å²) in [6, 6.07) is 21.8. The Labute approximate surface area is 137 Å². The number of rotatable bonds is 2. The van der Waals surface area contributed by atoms with Crippen LogP contribution in [0, 0.1) is 0 Å². The predicted octanol–water partition coefficient (Wildman–Crippen LogP) is 6.39. The van der Waals surface area contributed by atoms with Crippen LogP contribution in [0.2, 0.25) is 0 Å². The molecule has 0 amide bonds. The molecule has 2 aromatic carbocycles. The zero-order valence-electron chi connectivity index (χ0n) is 12.7. The molecule has 2 aromatic rings. The molecule has 0 radical (unpaired) electrons. The van der Waals surface area contributed by atoms with E-state index in [1.165, 1.54) is 41.7 Å². The molecule has 1 atom stereocenters. The van der Waals surface area contributed by atoms with Gasteiger partial charge in [-0.25, -0.2) is 0 Å². The highest BCUT2D eigenvalue weighted by molar-refractivity contribution is 8.11. The number of allylic oxidation sites excluding steroid dienone is 3. The van der Waals surface area contributed by atoms with Gasteiger partial charge in [0.1, 0.15) is 0 Å². The third-order valence-corrected chi connectivity index (χ3v) is 5.91. The highest BCUT2D eigenvalue weighted by Gasteiger charge is 2.27. The van der Waals surface area contributed by atoms with Gasteiger partial charge in [0.25, 0.3) is 0 Å². The van der Waals surface area contributed by atoms with Gasteiger partial charge < -0.3 is 0 Å². The fourth-order valence-corrected chi connectivity index (χ4v) is 4.81. The summed E-state index contributed by atoms with van der Waals surface area (Å²) in [7, 11) is 0. The summed E-state index contributed by atoms with van der Waals surface area (Å²) in [5.41, 5.74) is 4.46. The Morgan fingerprint density at radius 2 is 1.45 bits per heavy atom. The van der Waals surface area contributed by atoms with Crippen LogP contribution >= 0.6 is 11.8 Å². The first-order valence-electron chi connectivity index (χ1n) is 8.14. The Kier molecular flexibility index (Phi) is 3.90. The molecule has 1 heteroatoms. The Morgan fingerprint density at radius 1 is 0.773 bits per heavy atom. The molecule has 0 nitrogen and oxygen atoms in total. The molecule has 1 heterocycles. The number of hydrogen-bond acceptors (Lipinski definition) is 1. The van der Waals surface area contributed by atoms with Crippen molar-refractivity contribution in [3.05, 3.63) is 88.3 Å². The molecule has 2 aliphatic rings. The lowest BCUT2D eigenvalue weighted by molar-refractivity contribution is 0.665. The molecule has 0 saturated heterocycles. The van der Waals surface area contributed by atoms with Gasteiger partial charge in [-0.2, -0.15) is 0 Å². The van der Waals surface area contributed by atoms with E-state index in [9.17, 15) is 0 Å². The maximum atomic E-state index is 2.49. The van der Waals surface area contributed by atoms with Crippen LogP contribution < -0.4 is 0 Å². The van der Waals surface area contributed by atoms with Crippen molar-refractivity contribution in [2.45, 2.75) is 31.6 Å². The van der Waals surface area contributed by atoms with E-state index in [4.69, 9.17) is 0 Å². The molecular formula is C21H20S. The molecule has 0 saturated carbocycles. The van der Waals surface area contributed by atoms with Crippen LogP contribution in [0.4, 0.5) is 0 Å². The number of benzene rings is 2. The van der Waals surface area contributed by atoms with Crippen molar-refractivity contribution in [3.63, 3.8) is 0 Å². The van der Waals surface area contributed by atoms with Crippen molar-refractivity contribution in [2.24, 2.45) is 0 Å². The van der Waals surface area contributed by atoms with Crippen LogP contribution in [0.3, 0.4) is 0 Å². The van der Waals surface area contributed by atoms with Gasteiger partial charge in [0.15, 0.2) is 0 Å².